The van der Waals surface area contributed by atoms with Crippen molar-refractivity contribution in [3.63, 3.8) is 0 Å². The monoisotopic (exact) mass is 272 g/mol. The molecule has 0 fully saturated rings. The molecule has 90 valence electrons. The van der Waals surface area contributed by atoms with Gasteiger partial charge in [0.2, 0.25) is 0 Å². The molecule has 0 atom stereocenters. The first kappa shape index (κ1) is 12.3. The van der Waals surface area contributed by atoms with Crippen molar-refractivity contribution in [3.8, 4) is 5.75 Å². The quantitative estimate of drug-likeness (QED) is 0.736. The van der Waals surface area contributed by atoms with Crippen molar-refractivity contribution in [3.05, 3.63) is 33.3 Å². The number of fused-ring (bicyclic) bond motifs is 1. The predicted molar refractivity (Wildman–Crippen MR) is 66.6 cm³/mol. The van der Waals surface area contributed by atoms with Gasteiger partial charge in [0.05, 0.1) is 23.8 Å². The molecule has 1 aromatic rings. The van der Waals surface area contributed by atoms with Crippen LogP contribution in [0, 0.1) is 0 Å². The van der Waals surface area contributed by atoms with Crippen molar-refractivity contribution in [2.45, 2.75) is 6.42 Å². The normalized spacial score (nSPS) is 14.2. The van der Waals surface area contributed by atoms with Gasteiger partial charge in [-0.2, -0.15) is 0 Å². The average molecular weight is 273 g/mol. The van der Waals surface area contributed by atoms with Gasteiger partial charge in [0.15, 0.2) is 0 Å². The van der Waals surface area contributed by atoms with Crippen LogP contribution in [-0.4, -0.2) is 19.7 Å². The Morgan fingerprint density at radius 3 is 2.76 bits per heavy atom. The zero-order chi connectivity index (χ0) is 12.4. The van der Waals surface area contributed by atoms with Gasteiger partial charge in [0.1, 0.15) is 5.75 Å². The van der Waals surface area contributed by atoms with Gasteiger partial charge >= 0.3 is 5.97 Å². The summed E-state index contributed by atoms with van der Waals surface area (Å²) in [6.07, 6.45) is 2.22. The van der Waals surface area contributed by atoms with Crippen LogP contribution < -0.4 is 4.74 Å². The molecule has 0 bridgehead atoms. The Balaban J connectivity index is 2.47. The lowest BCUT2D eigenvalue weighted by molar-refractivity contribution is -0.136. The van der Waals surface area contributed by atoms with Gasteiger partial charge in [-0.1, -0.05) is 23.2 Å². The second-order valence-corrected chi connectivity index (χ2v) is 4.38. The Bertz CT molecular complexity index is 495. The summed E-state index contributed by atoms with van der Waals surface area (Å²) in [4.78, 5) is 11.5. The van der Waals surface area contributed by atoms with Crippen LogP contribution in [0.25, 0.3) is 6.08 Å². The number of methoxy groups -OCH3 is 1. The fraction of sp³-hybridized carbons (Fsp3) is 0.250. The number of benzene rings is 1. The van der Waals surface area contributed by atoms with Crippen molar-refractivity contribution in [1.29, 1.82) is 0 Å². The van der Waals surface area contributed by atoms with E-state index in [1.54, 1.807) is 18.2 Å². The molecule has 0 saturated heterocycles. The van der Waals surface area contributed by atoms with E-state index in [-0.39, 0.29) is 5.97 Å². The lowest BCUT2D eigenvalue weighted by atomic mass is 10.1. The first-order chi connectivity index (χ1) is 8.11. The average Bonchev–Trinajstić information content (AvgIpc) is 2.51. The lowest BCUT2D eigenvalue weighted by Gasteiger charge is -2.07. The maximum Gasteiger partial charge on any atom is 0.333 e. The maximum absolute atomic E-state index is 11.5. The molecule has 1 heterocycles. The van der Waals surface area contributed by atoms with E-state index in [9.17, 15) is 4.79 Å². The van der Waals surface area contributed by atoms with Crippen LogP contribution in [0.2, 0.25) is 10.0 Å². The zero-order valence-electron chi connectivity index (χ0n) is 9.13. The SMILES string of the molecule is COC(=O)C1=Cc2cc(Cl)c(Cl)cc2OCC1. The van der Waals surface area contributed by atoms with Gasteiger partial charge in [-0.3, -0.25) is 0 Å². The molecule has 2 rings (SSSR count). The summed E-state index contributed by atoms with van der Waals surface area (Å²) in [5.74, 6) is 0.269. The van der Waals surface area contributed by atoms with Crippen molar-refractivity contribution in [2.75, 3.05) is 13.7 Å². The summed E-state index contributed by atoms with van der Waals surface area (Å²) in [6.45, 7) is 0.409. The smallest absolute Gasteiger partial charge is 0.333 e. The summed E-state index contributed by atoms with van der Waals surface area (Å²) in [7, 11) is 1.35. The third kappa shape index (κ3) is 2.56. The first-order valence-corrected chi connectivity index (χ1v) is 5.78. The minimum absolute atomic E-state index is 0.354. The van der Waals surface area contributed by atoms with E-state index in [1.165, 1.54) is 7.11 Å². The lowest BCUT2D eigenvalue weighted by Crippen LogP contribution is -2.06. The van der Waals surface area contributed by atoms with Gasteiger partial charge in [-0.05, 0) is 12.1 Å². The molecule has 0 spiro atoms. The molecular formula is C12H10Cl2O3. The maximum atomic E-state index is 11.5. The number of halogens is 2. The fourth-order valence-electron chi connectivity index (χ4n) is 1.60. The molecule has 0 amide bonds. The highest BCUT2D eigenvalue weighted by molar-refractivity contribution is 6.42. The highest BCUT2D eigenvalue weighted by Crippen LogP contribution is 2.34. The third-order valence-corrected chi connectivity index (χ3v) is 3.18. The van der Waals surface area contributed by atoms with E-state index in [2.05, 4.69) is 0 Å². The van der Waals surface area contributed by atoms with E-state index < -0.39 is 0 Å². The zero-order valence-corrected chi connectivity index (χ0v) is 10.6. The molecule has 1 aliphatic rings. The largest absolute Gasteiger partial charge is 0.493 e. The van der Waals surface area contributed by atoms with E-state index in [4.69, 9.17) is 32.7 Å². The summed E-state index contributed by atoms with van der Waals surface area (Å²) in [5, 5.41) is 0.858. The molecule has 0 saturated carbocycles. The topological polar surface area (TPSA) is 35.5 Å². The molecule has 0 aliphatic carbocycles. The van der Waals surface area contributed by atoms with Crippen molar-refractivity contribution in [2.24, 2.45) is 0 Å². The standard InChI is InChI=1S/C12H10Cl2O3/c1-16-12(15)7-2-3-17-11-6-10(14)9(13)5-8(11)4-7/h4-6H,2-3H2,1H3. The summed E-state index contributed by atoms with van der Waals surface area (Å²) in [6, 6.07) is 3.32. The molecule has 0 unspecified atom stereocenters. The van der Waals surface area contributed by atoms with E-state index in [0.717, 1.165) is 5.56 Å². The molecule has 5 heteroatoms. The predicted octanol–water partition coefficient (Wildman–Crippen LogP) is 3.33. The summed E-state index contributed by atoms with van der Waals surface area (Å²) < 4.78 is 10.2. The van der Waals surface area contributed by atoms with Crippen LogP contribution >= 0.6 is 23.2 Å². The van der Waals surface area contributed by atoms with Crippen molar-refractivity contribution in [1.82, 2.24) is 0 Å². The Morgan fingerprint density at radius 1 is 1.35 bits per heavy atom. The number of hydrogen-bond acceptors (Lipinski definition) is 3. The van der Waals surface area contributed by atoms with Gasteiger partial charge in [0.25, 0.3) is 0 Å². The molecule has 1 aliphatic heterocycles. The van der Waals surface area contributed by atoms with Gasteiger partial charge < -0.3 is 9.47 Å². The molecule has 17 heavy (non-hydrogen) atoms. The fourth-order valence-corrected chi connectivity index (χ4v) is 1.93. The second-order valence-electron chi connectivity index (χ2n) is 3.56. The van der Waals surface area contributed by atoms with Crippen LogP contribution in [0.15, 0.2) is 17.7 Å². The number of ether oxygens (including phenoxy) is 2. The van der Waals surface area contributed by atoms with Crippen LogP contribution in [-0.2, 0) is 9.53 Å². The number of esters is 1. The molecule has 0 aromatic heterocycles. The summed E-state index contributed by atoms with van der Waals surface area (Å²) >= 11 is 11.8. The summed E-state index contributed by atoms with van der Waals surface area (Å²) in [5.41, 5.74) is 1.29. The molecule has 1 aromatic carbocycles. The van der Waals surface area contributed by atoms with Gasteiger partial charge in [0, 0.05) is 23.6 Å². The second kappa shape index (κ2) is 4.98. The minimum Gasteiger partial charge on any atom is -0.493 e. The highest BCUT2D eigenvalue weighted by Gasteiger charge is 2.16. The van der Waals surface area contributed by atoms with Crippen molar-refractivity contribution >= 4 is 35.2 Å². The number of hydrogen-bond donors (Lipinski definition) is 0. The molecule has 0 N–H and O–H groups in total. The van der Waals surface area contributed by atoms with Crippen LogP contribution in [0.3, 0.4) is 0 Å². The van der Waals surface area contributed by atoms with Crippen LogP contribution in [0.1, 0.15) is 12.0 Å². The Hall–Kier alpha value is -1.19. The van der Waals surface area contributed by atoms with Crippen LogP contribution in [0.4, 0.5) is 0 Å². The van der Waals surface area contributed by atoms with Gasteiger partial charge in [-0.25, -0.2) is 4.79 Å². The third-order valence-electron chi connectivity index (χ3n) is 2.46. The molecular weight excluding hydrogens is 263 g/mol. The van der Waals surface area contributed by atoms with Gasteiger partial charge in [-0.15, -0.1) is 0 Å². The Kier molecular flexibility index (Phi) is 3.60. The number of rotatable bonds is 1. The molecule has 3 nitrogen and oxygen atoms in total. The van der Waals surface area contributed by atoms with Crippen LogP contribution in [0.5, 0.6) is 5.75 Å². The first-order valence-electron chi connectivity index (χ1n) is 5.02. The van der Waals surface area contributed by atoms with E-state index >= 15 is 0 Å². The molecule has 0 radical (unpaired) electrons. The van der Waals surface area contributed by atoms with E-state index in [1.807, 2.05) is 0 Å². The highest BCUT2D eigenvalue weighted by atomic mass is 35.5. The Morgan fingerprint density at radius 2 is 2.06 bits per heavy atom. The number of carbonyl (C=O) groups excluding carboxylic acids is 1. The van der Waals surface area contributed by atoms with E-state index in [0.29, 0.717) is 34.4 Å². The van der Waals surface area contributed by atoms with Crippen molar-refractivity contribution < 1.29 is 14.3 Å². The number of carbonyl (C=O) groups is 1. The Labute approximate surface area is 109 Å². The minimum atomic E-state index is -0.354.